The molecule has 1 aliphatic rings. The van der Waals surface area contributed by atoms with E-state index >= 15 is 0 Å². The highest BCUT2D eigenvalue weighted by Gasteiger charge is 2.17. The maximum absolute atomic E-state index is 13.9. The number of thioether (sulfide) groups is 1. The normalized spacial score (nSPS) is 13.9. The number of rotatable bonds is 6. The number of hydrogen-bond donors (Lipinski definition) is 0. The van der Waals surface area contributed by atoms with Crippen molar-refractivity contribution in [2.75, 3.05) is 18.0 Å². The molecule has 0 amide bonds. The average Bonchev–Trinajstić information content (AvgIpc) is 2.95. The summed E-state index contributed by atoms with van der Waals surface area (Å²) >= 11 is 4.82. The van der Waals surface area contributed by atoms with Gasteiger partial charge in [-0.3, -0.25) is 18.6 Å². The van der Waals surface area contributed by atoms with E-state index in [1.807, 2.05) is 48.5 Å². The quantitative estimate of drug-likeness (QED) is 0.193. The van der Waals surface area contributed by atoms with Gasteiger partial charge in [0.15, 0.2) is 5.16 Å². The number of pyridine rings is 1. The second kappa shape index (κ2) is 10.7. The summed E-state index contributed by atoms with van der Waals surface area (Å²) in [5.74, 6) is 0.417. The molecule has 1 aliphatic heterocycles. The van der Waals surface area contributed by atoms with Crippen molar-refractivity contribution in [3.05, 3.63) is 109 Å². The zero-order valence-electron chi connectivity index (χ0n) is 20.7. The molecule has 4 heterocycles. The maximum Gasteiger partial charge on any atom is 0.262 e. The molecule has 3 aromatic heterocycles. The summed E-state index contributed by atoms with van der Waals surface area (Å²) in [4.78, 5) is 38.5. The Kier molecular flexibility index (Phi) is 7.04. The molecule has 6 rings (SSSR count). The zero-order valence-corrected chi connectivity index (χ0v) is 23.1. The smallest absolute Gasteiger partial charge is 0.262 e. The first-order valence-corrected chi connectivity index (χ1v) is 14.5. The van der Waals surface area contributed by atoms with Gasteiger partial charge in [0.25, 0.3) is 11.1 Å². The number of fused-ring (bicyclic) bond motifs is 2. The molecule has 38 heavy (non-hydrogen) atoms. The molecule has 0 spiro atoms. The molecule has 7 nitrogen and oxygen atoms in total. The first kappa shape index (κ1) is 24.9. The Bertz CT molecular complexity index is 1750. The molecule has 1 fully saturated rings. The fraction of sp³-hybridized carbons (Fsp3) is 0.241. The zero-order chi connectivity index (χ0) is 26.1. The highest BCUT2D eigenvalue weighted by molar-refractivity contribution is 9.10. The van der Waals surface area contributed by atoms with Crippen LogP contribution in [0.2, 0.25) is 0 Å². The second-order valence-electron chi connectivity index (χ2n) is 9.47. The van der Waals surface area contributed by atoms with Crippen molar-refractivity contribution in [3.63, 3.8) is 0 Å². The van der Waals surface area contributed by atoms with Crippen molar-refractivity contribution < 1.29 is 0 Å². The van der Waals surface area contributed by atoms with Crippen LogP contribution >= 0.6 is 27.7 Å². The van der Waals surface area contributed by atoms with Gasteiger partial charge in [0, 0.05) is 41.3 Å². The molecule has 0 unspecified atom stereocenters. The van der Waals surface area contributed by atoms with Gasteiger partial charge in [-0.05, 0) is 71.1 Å². The van der Waals surface area contributed by atoms with Crippen LogP contribution in [0.1, 0.15) is 30.5 Å². The topological polar surface area (TPSA) is 72.5 Å². The van der Waals surface area contributed by atoms with Crippen molar-refractivity contribution >= 4 is 49.9 Å². The molecule has 0 radical (unpaired) electrons. The maximum atomic E-state index is 13.9. The molecular weight excluding hydrogens is 562 g/mol. The van der Waals surface area contributed by atoms with Gasteiger partial charge in [-0.1, -0.05) is 42.1 Å². The number of hydrogen-bond acceptors (Lipinski definition) is 6. The van der Waals surface area contributed by atoms with E-state index in [2.05, 4.69) is 31.9 Å². The molecule has 0 atom stereocenters. The van der Waals surface area contributed by atoms with Crippen molar-refractivity contribution in [1.82, 2.24) is 18.9 Å². The molecule has 0 saturated carbocycles. The van der Waals surface area contributed by atoms with E-state index in [1.165, 1.54) is 41.5 Å². The molecule has 0 N–H and O–H groups in total. The largest absolute Gasteiger partial charge is 0.372 e. The van der Waals surface area contributed by atoms with Gasteiger partial charge >= 0.3 is 0 Å². The van der Waals surface area contributed by atoms with Gasteiger partial charge in [-0.2, -0.15) is 0 Å². The van der Waals surface area contributed by atoms with Crippen LogP contribution in [0, 0.1) is 0 Å². The summed E-state index contributed by atoms with van der Waals surface area (Å²) in [6.07, 6.45) is 5.32. The van der Waals surface area contributed by atoms with Crippen LogP contribution < -0.4 is 16.0 Å². The van der Waals surface area contributed by atoms with Gasteiger partial charge in [-0.25, -0.2) is 9.97 Å². The molecule has 1 saturated heterocycles. The third-order valence-electron chi connectivity index (χ3n) is 6.83. The Morgan fingerprint density at radius 2 is 1.71 bits per heavy atom. The predicted molar refractivity (Wildman–Crippen MR) is 156 cm³/mol. The highest BCUT2D eigenvalue weighted by Crippen LogP contribution is 2.26. The van der Waals surface area contributed by atoms with Crippen molar-refractivity contribution in [2.24, 2.45) is 0 Å². The first-order chi connectivity index (χ1) is 18.5. The predicted octanol–water partition coefficient (Wildman–Crippen LogP) is 5.50. The lowest BCUT2D eigenvalue weighted by atomic mass is 10.1. The van der Waals surface area contributed by atoms with Crippen LogP contribution in [0.5, 0.6) is 0 Å². The highest BCUT2D eigenvalue weighted by atomic mass is 79.9. The van der Waals surface area contributed by atoms with Gasteiger partial charge in [0.1, 0.15) is 5.65 Å². The van der Waals surface area contributed by atoms with Gasteiger partial charge in [0.2, 0.25) is 0 Å². The minimum Gasteiger partial charge on any atom is -0.372 e. The Labute approximate surface area is 232 Å². The number of nitrogens with zero attached hydrogens (tertiary/aromatic N) is 5. The molecule has 0 bridgehead atoms. The van der Waals surface area contributed by atoms with Crippen molar-refractivity contribution in [1.29, 1.82) is 0 Å². The molecule has 0 aliphatic carbocycles. The van der Waals surface area contributed by atoms with E-state index in [0.717, 1.165) is 28.8 Å². The monoisotopic (exact) mass is 587 g/mol. The lowest BCUT2D eigenvalue weighted by Crippen LogP contribution is -2.30. The minimum atomic E-state index is -0.148. The van der Waals surface area contributed by atoms with Gasteiger partial charge in [0.05, 0.1) is 23.1 Å². The van der Waals surface area contributed by atoms with Crippen molar-refractivity contribution in [2.45, 2.75) is 36.7 Å². The number of aromatic nitrogens is 4. The van der Waals surface area contributed by atoms with Crippen LogP contribution in [0.25, 0.3) is 16.6 Å². The number of benzene rings is 2. The lowest BCUT2D eigenvalue weighted by molar-refractivity contribution is 0.578. The standard InChI is InChI=1S/C29H26BrN5O2S/c30-21-9-12-26-31-22(15-27(36)34(26)18-21)19-38-29-32-25-11-10-23(33-13-5-2-6-14-33)16-24(25)28(37)35(29)17-20-7-3-1-4-8-20/h1,3-4,7-12,15-16,18H,2,5-6,13-14,17,19H2. The van der Waals surface area contributed by atoms with E-state index < -0.39 is 0 Å². The van der Waals surface area contributed by atoms with Gasteiger partial charge < -0.3 is 4.90 Å². The fourth-order valence-electron chi connectivity index (χ4n) is 4.89. The van der Waals surface area contributed by atoms with Crippen LogP contribution in [0.15, 0.2) is 92.1 Å². The van der Waals surface area contributed by atoms with Crippen LogP contribution in [-0.2, 0) is 12.3 Å². The molecule has 192 valence electrons. The summed E-state index contributed by atoms with van der Waals surface area (Å²) in [6, 6.07) is 21.2. The van der Waals surface area contributed by atoms with Crippen molar-refractivity contribution in [3.8, 4) is 0 Å². The van der Waals surface area contributed by atoms with E-state index in [1.54, 1.807) is 16.8 Å². The first-order valence-electron chi connectivity index (χ1n) is 12.7. The van der Waals surface area contributed by atoms with Crippen LogP contribution in [-0.4, -0.2) is 32.0 Å². The third kappa shape index (κ3) is 5.13. The summed E-state index contributed by atoms with van der Waals surface area (Å²) in [5.41, 5.74) is 3.80. The summed E-state index contributed by atoms with van der Waals surface area (Å²) in [5, 5.41) is 1.23. The molecule has 2 aromatic carbocycles. The van der Waals surface area contributed by atoms with Gasteiger partial charge in [-0.15, -0.1) is 0 Å². The molecule has 5 aromatic rings. The Morgan fingerprint density at radius 1 is 0.895 bits per heavy atom. The van der Waals surface area contributed by atoms with E-state index in [9.17, 15) is 9.59 Å². The number of halogens is 1. The average molecular weight is 589 g/mol. The molecule has 9 heteroatoms. The Hall–Kier alpha value is -3.43. The Balaban J connectivity index is 1.39. The van der Waals surface area contributed by atoms with E-state index in [4.69, 9.17) is 4.98 Å². The minimum absolute atomic E-state index is 0.0587. The Morgan fingerprint density at radius 3 is 2.53 bits per heavy atom. The number of anilines is 1. The fourth-order valence-corrected chi connectivity index (χ4v) is 6.12. The van der Waals surface area contributed by atoms with E-state index in [0.29, 0.717) is 39.7 Å². The van der Waals surface area contributed by atoms with Crippen LogP contribution in [0.4, 0.5) is 5.69 Å². The van der Waals surface area contributed by atoms with E-state index in [-0.39, 0.29) is 11.1 Å². The van der Waals surface area contributed by atoms with Crippen LogP contribution in [0.3, 0.4) is 0 Å². The SMILES string of the molecule is O=c1c2cc(N3CCCCC3)ccc2nc(SCc2cc(=O)n3cc(Br)ccc3n2)n1Cc1ccccc1. The molecular formula is C29H26BrN5O2S. The second-order valence-corrected chi connectivity index (χ2v) is 11.3. The summed E-state index contributed by atoms with van der Waals surface area (Å²) in [6.45, 7) is 2.45. The summed E-state index contributed by atoms with van der Waals surface area (Å²) in [7, 11) is 0. The summed E-state index contributed by atoms with van der Waals surface area (Å²) < 4.78 is 4.07. The number of piperidine rings is 1. The lowest BCUT2D eigenvalue weighted by Gasteiger charge is -2.29. The third-order valence-corrected chi connectivity index (χ3v) is 8.31.